The van der Waals surface area contributed by atoms with Crippen LogP contribution in [0.25, 0.3) is 0 Å². The Hall–Kier alpha value is -2.08. The number of aryl methyl sites for hydroxylation is 1. The smallest absolute Gasteiger partial charge is 0.302 e. The minimum Gasteiger partial charge on any atom is -0.497 e. The van der Waals surface area contributed by atoms with Crippen molar-refractivity contribution in [2.45, 2.75) is 76.5 Å². The molecule has 0 unspecified atom stereocenters. The van der Waals surface area contributed by atoms with E-state index in [1.54, 1.807) is 7.11 Å². The van der Waals surface area contributed by atoms with Crippen molar-refractivity contribution in [1.82, 2.24) is 5.32 Å². The number of rotatable bonds is 3. The Bertz CT molecular complexity index is 839. The molecule has 1 aromatic rings. The minimum atomic E-state index is -0.806. The van der Waals surface area contributed by atoms with E-state index in [1.807, 2.05) is 6.07 Å². The fourth-order valence-corrected chi connectivity index (χ4v) is 6.70. The number of methoxy groups -OCH3 is 1. The first kappa shape index (κ1) is 20.2. The predicted molar refractivity (Wildman–Crippen MR) is 108 cm³/mol. The van der Waals surface area contributed by atoms with E-state index in [-0.39, 0.29) is 23.7 Å². The lowest BCUT2D eigenvalue weighted by Gasteiger charge is -2.59. The minimum absolute atomic E-state index is 0.0848. The highest BCUT2D eigenvalue weighted by Crippen LogP contribution is 2.63. The van der Waals surface area contributed by atoms with Crippen LogP contribution >= 0.6 is 0 Å². The van der Waals surface area contributed by atoms with Gasteiger partial charge < -0.3 is 19.9 Å². The van der Waals surface area contributed by atoms with Crippen LogP contribution in [0, 0.1) is 11.3 Å². The molecular formula is C23H31NO5. The summed E-state index contributed by atoms with van der Waals surface area (Å²) in [6, 6.07) is 6.24. The number of carbonyl (C=O) groups is 2. The summed E-state index contributed by atoms with van der Waals surface area (Å²) in [5.41, 5.74) is 1.27. The maximum atomic E-state index is 12.3. The van der Waals surface area contributed by atoms with E-state index in [0.717, 1.165) is 31.4 Å². The largest absolute Gasteiger partial charge is 0.497 e. The van der Waals surface area contributed by atoms with Gasteiger partial charge in [0.25, 0.3) is 0 Å². The molecule has 0 heterocycles. The summed E-state index contributed by atoms with van der Waals surface area (Å²) < 4.78 is 11.1. The summed E-state index contributed by atoms with van der Waals surface area (Å²) in [7, 11) is 1.68. The van der Waals surface area contributed by atoms with Crippen LogP contribution in [0.4, 0.5) is 0 Å². The molecule has 0 aliphatic heterocycles. The number of hydrogen-bond acceptors (Lipinski definition) is 5. The molecule has 3 aliphatic carbocycles. The van der Waals surface area contributed by atoms with E-state index in [0.29, 0.717) is 6.42 Å². The number of ether oxygens (including phenoxy) is 2. The lowest BCUT2D eigenvalue weighted by atomic mass is 9.50. The molecule has 2 N–H and O–H groups in total. The van der Waals surface area contributed by atoms with Gasteiger partial charge in [-0.2, -0.15) is 0 Å². The first-order valence-corrected chi connectivity index (χ1v) is 10.5. The third-order valence-corrected chi connectivity index (χ3v) is 7.83. The fraction of sp³-hybridized carbons (Fsp3) is 0.652. The average molecular weight is 402 g/mol. The zero-order valence-electron chi connectivity index (χ0n) is 17.7. The molecule has 0 saturated heterocycles. The SMILES string of the molecule is COc1ccc2c(c1)CC[C@@H]1[C@@H]2CC[C@]2(C)[C@@H](OC(C)=O)C[C@H](O)[C@]12NC(C)=O. The van der Waals surface area contributed by atoms with Crippen molar-refractivity contribution >= 4 is 11.9 Å². The molecule has 6 atom stereocenters. The molecule has 29 heavy (non-hydrogen) atoms. The van der Waals surface area contributed by atoms with Gasteiger partial charge in [-0.3, -0.25) is 9.59 Å². The lowest BCUT2D eigenvalue weighted by Crippen LogP contribution is -2.70. The van der Waals surface area contributed by atoms with Gasteiger partial charge in [0.15, 0.2) is 0 Å². The molecule has 3 aliphatic rings. The van der Waals surface area contributed by atoms with Gasteiger partial charge >= 0.3 is 5.97 Å². The Labute approximate surface area is 172 Å². The molecule has 0 spiro atoms. The molecular weight excluding hydrogens is 370 g/mol. The summed E-state index contributed by atoms with van der Waals surface area (Å²) in [6.45, 7) is 4.99. The molecule has 158 valence electrons. The molecule has 6 heteroatoms. The molecule has 6 nitrogen and oxygen atoms in total. The van der Waals surface area contributed by atoms with Crippen molar-refractivity contribution in [3.8, 4) is 5.75 Å². The Balaban J connectivity index is 1.80. The third kappa shape index (κ3) is 2.87. The summed E-state index contributed by atoms with van der Waals surface area (Å²) in [6.07, 6.45) is 2.64. The van der Waals surface area contributed by atoms with E-state index in [9.17, 15) is 14.7 Å². The van der Waals surface area contributed by atoms with Crippen molar-refractivity contribution in [1.29, 1.82) is 0 Å². The van der Waals surface area contributed by atoms with Crippen molar-refractivity contribution in [3.05, 3.63) is 29.3 Å². The first-order chi connectivity index (χ1) is 13.7. The molecule has 0 aromatic heterocycles. The van der Waals surface area contributed by atoms with Crippen LogP contribution in [0.3, 0.4) is 0 Å². The van der Waals surface area contributed by atoms with Crippen LogP contribution < -0.4 is 10.1 Å². The zero-order chi connectivity index (χ0) is 21.0. The monoisotopic (exact) mass is 401 g/mol. The molecule has 0 radical (unpaired) electrons. The van der Waals surface area contributed by atoms with E-state index in [4.69, 9.17) is 9.47 Å². The van der Waals surface area contributed by atoms with Crippen LogP contribution in [0.1, 0.15) is 63.5 Å². The molecule has 4 rings (SSSR count). The van der Waals surface area contributed by atoms with E-state index in [1.165, 1.54) is 25.0 Å². The van der Waals surface area contributed by atoms with Gasteiger partial charge in [-0.05, 0) is 60.8 Å². The van der Waals surface area contributed by atoms with E-state index >= 15 is 0 Å². The topological polar surface area (TPSA) is 84.9 Å². The number of fused-ring (bicyclic) bond motifs is 5. The number of nitrogens with one attached hydrogen (secondary N) is 1. The number of aliphatic hydroxyl groups is 1. The average Bonchev–Trinajstić information content (AvgIpc) is 2.87. The van der Waals surface area contributed by atoms with Gasteiger partial charge in [0.2, 0.25) is 5.91 Å². The van der Waals surface area contributed by atoms with Crippen LogP contribution in [-0.2, 0) is 20.7 Å². The van der Waals surface area contributed by atoms with Crippen molar-refractivity contribution < 1.29 is 24.2 Å². The van der Waals surface area contributed by atoms with Crippen LogP contribution in [0.2, 0.25) is 0 Å². The van der Waals surface area contributed by atoms with E-state index in [2.05, 4.69) is 24.4 Å². The Morgan fingerprint density at radius 3 is 2.66 bits per heavy atom. The van der Waals surface area contributed by atoms with Crippen LogP contribution in [-0.4, -0.2) is 41.8 Å². The highest BCUT2D eigenvalue weighted by atomic mass is 16.5. The fourth-order valence-electron chi connectivity index (χ4n) is 6.70. The second kappa shape index (κ2) is 7.01. The van der Waals surface area contributed by atoms with Crippen LogP contribution in [0.5, 0.6) is 5.75 Å². The number of carbonyl (C=O) groups excluding carboxylic acids is 2. The van der Waals surface area contributed by atoms with Crippen molar-refractivity contribution in [3.63, 3.8) is 0 Å². The third-order valence-electron chi connectivity index (χ3n) is 7.83. The zero-order valence-corrected chi connectivity index (χ0v) is 17.7. The maximum Gasteiger partial charge on any atom is 0.302 e. The number of esters is 1. The van der Waals surface area contributed by atoms with Crippen LogP contribution in [0.15, 0.2) is 18.2 Å². The quantitative estimate of drug-likeness (QED) is 0.761. The summed E-state index contributed by atoms with van der Waals surface area (Å²) >= 11 is 0. The van der Waals surface area contributed by atoms with Gasteiger partial charge in [-0.15, -0.1) is 0 Å². The second-order valence-electron chi connectivity index (χ2n) is 9.17. The van der Waals surface area contributed by atoms with Gasteiger partial charge in [0, 0.05) is 25.7 Å². The predicted octanol–water partition coefficient (Wildman–Crippen LogP) is 2.71. The number of hydrogen-bond donors (Lipinski definition) is 2. The van der Waals surface area contributed by atoms with Gasteiger partial charge in [-0.1, -0.05) is 13.0 Å². The lowest BCUT2D eigenvalue weighted by molar-refractivity contribution is -0.158. The second-order valence-corrected chi connectivity index (χ2v) is 9.17. The van der Waals surface area contributed by atoms with Crippen molar-refractivity contribution in [2.24, 2.45) is 11.3 Å². The summed E-state index contributed by atoms with van der Waals surface area (Å²) in [4.78, 5) is 24.1. The number of amides is 1. The Morgan fingerprint density at radius 1 is 1.24 bits per heavy atom. The highest BCUT2D eigenvalue weighted by molar-refractivity contribution is 5.74. The highest BCUT2D eigenvalue weighted by Gasteiger charge is 2.70. The molecule has 2 saturated carbocycles. The van der Waals surface area contributed by atoms with E-state index < -0.39 is 23.2 Å². The van der Waals surface area contributed by atoms with Gasteiger partial charge in [-0.25, -0.2) is 0 Å². The van der Waals surface area contributed by atoms with Crippen molar-refractivity contribution in [2.75, 3.05) is 7.11 Å². The standard InChI is InChI=1S/C23H31NO5/c1-13(25)24-23-19-8-5-15-11-16(28-4)6-7-17(15)18(19)9-10-22(23,3)21(12-20(23)27)29-14(2)26/h6-7,11,18-21,27H,5,8-10,12H2,1-4H3,(H,24,25)/t18-,19-,20+,21+,22-,23-/m1/s1. The number of aliphatic hydroxyl groups excluding tert-OH is 1. The first-order valence-electron chi connectivity index (χ1n) is 10.5. The van der Waals surface area contributed by atoms with Gasteiger partial charge in [0.05, 0.1) is 18.8 Å². The maximum absolute atomic E-state index is 12.3. The van der Waals surface area contributed by atoms with Gasteiger partial charge in [0.1, 0.15) is 11.9 Å². The molecule has 1 amide bonds. The summed E-state index contributed by atoms with van der Waals surface area (Å²) in [5.74, 6) is 0.692. The Morgan fingerprint density at radius 2 is 2.00 bits per heavy atom. The molecule has 1 aromatic carbocycles. The molecule has 2 fully saturated rings. The molecule has 0 bridgehead atoms. The Kier molecular flexibility index (Phi) is 4.88. The summed E-state index contributed by atoms with van der Waals surface area (Å²) in [5, 5.41) is 14.5. The normalized spacial score (nSPS) is 37.7. The number of benzene rings is 1.